The number of aliphatic imine (C=N–C) groups is 1. The number of amides is 1. The molecule has 1 aliphatic heterocycles. The molecule has 0 saturated carbocycles. The van der Waals surface area contributed by atoms with Gasteiger partial charge in [0.15, 0.2) is 5.96 Å². The Morgan fingerprint density at radius 2 is 2.00 bits per heavy atom. The summed E-state index contributed by atoms with van der Waals surface area (Å²) in [7, 11) is 3.34. The summed E-state index contributed by atoms with van der Waals surface area (Å²) in [5, 5.41) is 6.31. The van der Waals surface area contributed by atoms with Gasteiger partial charge in [-0.1, -0.05) is 30.3 Å². The van der Waals surface area contributed by atoms with Crippen LogP contribution in [0.4, 0.5) is 5.69 Å². The number of nitrogens with zero attached hydrogens (tertiary/aromatic N) is 2. The first-order valence-electron chi connectivity index (χ1n) is 8.67. The first-order valence-corrected chi connectivity index (χ1v) is 8.67. The van der Waals surface area contributed by atoms with Crippen molar-refractivity contribution in [3.05, 3.63) is 59.7 Å². The molecule has 0 bridgehead atoms. The number of carbonyl (C=O) groups excluding carboxylic acids is 1. The van der Waals surface area contributed by atoms with E-state index in [2.05, 4.69) is 21.7 Å². The number of rotatable bonds is 5. The number of guanidine groups is 1. The molecule has 0 saturated heterocycles. The average molecular weight is 480 g/mol. The molecule has 2 aromatic carbocycles. The molecule has 2 aromatic rings. The molecule has 0 aromatic heterocycles. The number of methoxy groups -OCH3 is 1. The van der Waals surface area contributed by atoms with Crippen LogP contribution in [-0.4, -0.2) is 39.1 Å². The second-order valence-electron chi connectivity index (χ2n) is 6.05. The van der Waals surface area contributed by atoms with E-state index in [0.717, 1.165) is 30.0 Å². The molecule has 0 atom stereocenters. The van der Waals surface area contributed by atoms with Crippen LogP contribution in [0, 0.1) is 0 Å². The van der Waals surface area contributed by atoms with Crippen molar-refractivity contribution in [3.63, 3.8) is 0 Å². The van der Waals surface area contributed by atoms with Gasteiger partial charge in [0, 0.05) is 25.8 Å². The van der Waals surface area contributed by atoms with Crippen molar-refractivity contribution >= 4 is 41.5 Å². The zero-order valence-corrected chi connectivity index (χ0v) is 17.9. The summed E-state index contributed by atoms with van der Waals surface area (Å²) >= 11 is 0. The molecule has 0 unspecified atom stereocenters. The van der Waals surface area contributed by atoms with E-state index in [4.69, 9.17) is 4.74 Å². The molecule has 27 heavy (non-hydrogen) atoms. The number of para-hydroxylation sites is 1. The van der Waals surface area contributed by atoms with Crippen LogP contribution in [0.1, 0.15) is 11.1 Å². The highest BCUT2D eigenvalue weighted by molar-refractivity contribution is 14.0. The van der Waals surface area contributed by atoms with E-state index < -0.39 is 0 Å². The van der Waals surface area contributed by atoms with Crippen molar-refractivity contribution in [2.75, 3.05) is 32.1 Å². The lowest BCUT2D eigenvalue weighted by atomic mass is 10.2. The summed E-state index contributed by atoms with van der Waals surface area (Å²) in [6.45, 7) is 1.53. The molecule has 0 aliphatic carbocycles. The lowest BCUT2D eigenvalue weighted by Crippen LogP contribution is -2.44. The summed E-state index contributed by atoms with van der Waals surface area (Å²) in [5.74, 6) is 1.45. The number of ether oxygens (including phenoxy) is 1. The van der Waals surface area contributed by atoms with E-state index in [1.807, 2.05) is 47.4 Å². The van der Waals surface area contributed by atoms with Crippen molar-refractivity contribution in [2.45, 2.75) is 13.0 Å². The Kier molecular flexibility index (Phi) is 7.90. The van der Waals surface area contributed by atoms with Crippen LogP contribution >= 0.6 is 24.0 Å². The molecule has 1 heterocycles. The van der Waals surface area contributed by atoms with Gasteiger partial charge in [-0.15, -0.1) is 24.0 Å². The SMILES string of the molecule is CN=C(NCC(=O)N1CCc2ccccc21)NCc1cccc(OC)c1.I. The molecule has 3 rings (SSSR count). The maximum Gasteiger partial charge on any atom is 0.246 e. The summed E-state index contributed by atoms with van der Waals surface area (Å²) in [6, 6.07) is 15.9. The molecular weight excluding hydrogens is 455 g/mol. The van der Waals surface area contributed by atoms with Crippen molar-refractivity contribution < 1.29 is 9.53 Å². The van der Waals surface area contributed by atoms with Crippen molar-refractivity contribution in [1.82, 2.24) is 10.6 Å². The molecule has 1 aliphatic rings. The Bertz CT molecular complexity index is 810. The van der Waals surface area contributed by atoms with Gasteiger partial charge in [0.1, 0.15) is 5.75 Å². The van der Waals surface area contributed by atoms with E-state index in [1.54, 1.807) is 14.2 Å². The lowest BCUT2D eigenvalue weighted by molar-refractivity contribution is -0.117. The third-order valence-electron chi connectivity index (χ3n) is 4.41. The number of nitrogens with one attached hydrogen (secondary N) is 2. The zero-order valence-electron chi connectivity index (χ0n) is 15.6. The third-order valence-corrected chi connectivity index (χ3v) is 4.41. The van der Waals surface area contributed by atoms with E-state index in [9.17, 15) is 4.79 Å². The smallest absolute Gasteiger partial charge is 0.246 e. The lowest BCUT2D eigenvalue weighted by Gasteiger charge is -2.19. The standard InChI is InChI=1S/C20H24N4O2.HI/c1-21-20(22-13-15-6-5-8-17(12-15)26-2)23-14-19(25)24-11-10-16-7-3-4-9-18(16)24;/h3-9,12H,10-11,13-14H2,1-2H3,(H2,21,22,23);1H. The van der Waals surface area contributed by atoms with Crippen LogP contribution in [0.5, 0.6) is 5.75 Å². The van der Waals surface area contributed by atoms with Gasteiger partial charge < -0.3 is 20.3 Å². The van der Waals surface area contributed by atoms with Crippen LogP contribution in [-0.2, 0) is 17.8 Å². The van der Waals surface area contributed by atoms with E-state index in [-0.39, 0.29) is 36.4 Å². The minimum Gasteiger partial charge on any atom is -0.497 e. The number of anilines is 1. The second kappa shape index (κ2) is 10.1. The normalized spacial score (nSPS) is 12.8. The number of carbonyl (C=O) groups is 1. The number of hydrogen-bond donors (Lipinski definition) is 2. The van der Waals surface area contributed by atoms with Gasteiger partial charge in [0.2, 0.25) is 5.91 Å². The Hall–Kier alpha value is -2.29. The molecule has 1 amide bonds. The van der Waals surface area contributed by atoms with Gasteiger partial charge >= 0.3 is 0 Å². The van der Waals surface area contributed by atoms with Crippen molar-refractivity contribution in [1.29, 1.82) is 0 Å². The summed E-state index contributed by atoms with van der Waals surface area (Å²) in [4.78, 5) is 18.6. The maximum atomic E-state index is 12.6. The maximum absolute atomic E-state index is 12.6. The first kappa shape index (κ1) is 21.0. The van der Waals surface area contributed by atoms with Gasteiger partial charge in [0.05, 0.1) is 13.7 Å². The molecule has 144 valence electrons. The first-order chi connectivity index (χ1) is 12.7. The monoisotopic (exact) mass is 480 g/mol. The predicted octanol–water partition coefficient (Wildman–Crippen LogP) is 2.57. The number of halogens is 1. The minimum absolute atomic E-state index is 0. The number of fused-ring (bicyclic) bond motifs is 1. The van der Waals surface area contributed by atoms with Crippen LogP contribution < -0.4 is 20.3 Å². The van der Waals surface area contributed by atoms with Gasteiger partial charge in [0.25, 0.3) is 0 Å². The van der Waals surface area contributed by atoms with Crippen LogP contribution in [0.15, 0.2) is 53.5 Å². The Morgan fingerprint density at radius 1 is 1.19 bits per heavy atom. The Morgan fingerprint density at radius 3 is 2.78 bits per heavy atom. The fraction of sp³-hybridized carbons (Fsp3) is 0.300. The number of hydrogen-bond acceptors (Lipinski definition) is 3. The van der Waals surface area contributed by atoms with Gasteiger partial charge in [-0.3, -0.25) is 9.79 Å². The predicted molar refractivity (Wildman–Crippen MR) is 119 cm³/mol. The average Bonchev–Trinajstić information content (AvgIpc) is 3.12. The highest BCUT2D eigenvalue weighted by atomic mass is 127. The Balaban J connectivity index is 0.00000261. The fourth-order valence-corrected chi connectivity index (χ4v) is 3.04. The molecular formula is C20H25IN4O2. The highest BCUT2D eigenvalue weighted by Crippen LogP contribution is 2.27. The van der Waals surface area contributed by atoms with Crippen LogP contribution in [0.25, 0.3) is 0 Å². The molecule has 6 nitrogen and oxygen atoms in total. The highest BCUT2D eigenvalue weighted by Gasteiger charge is 2.23. The quantitative estimate of drug-likeness (QED) is 0.393. The van der Waals surface area contributed by atoms with E-state index in [1.165, 1.54) is 5.56 Å². The molecule has 2 N–H and O–H groups in total. The van der Waals surface area contributed by atoms with E-state index >= 15 is 0 Å². The molecule has 0 fully saturated rings. The fourth-order valence-electron chi connectivity index (χ4n) is 3.04. The van der Waals surface area contributed by atoms with Gasteiger partial charge in [-0.25, -0.2) is 0 Å². The van der Waals surface area contributed by atoms with Gasteiger partial charge in [-0.2, -0.15) is 0 Å². The summed E-state index contributed by atoms with van der Waals surface area (Å²) in [5.41, 5.74) is 3.31. The zero-order chi connectivity index (χ0) is 18.4. The molecule has 0 spiro atoms. The van der Waals surface area contributed by atoms with Gasteiger partial charge in [-0.05, 0) is 35.7 Å². The third kappa shape index (κ3) is 5.35. The summed E-state index contributed by atoms with van der Waals surface area (Å²) in [6.07, 6.45) is 0.907. The number of benzene rings is 2. The second-order valence-corrected chi connectivity index (χ2v) is 6.05. The topological polar surface area (TPSA) is 66.0 Å². The van der Waals surface area contributed by atoms with Crippen molar-refractivity contribution in [3.8, 4) is 5.75 Å². The minimum atomic E-state index is 0. The van der Waals surface area contributed by atoms with E-state index in [0.29, 0.717) is 12.5 Å². The Labute approximate surface area is 177 Å². The molecule has 0 radical (unpaired) electrons. The summed E-state index contributed by atoms with van der Waals surface area (Å²) < 4.78 is 5.23. The molecule has 7 heteroatoms. The van der Waals surface area contributed by atoms with Crippen molar-refractivity contribution in [2.24, 2.45) is 4.99 Å². The largest absolute Gasteiger partial charge is 0.497 e. The van der Waals surface area contributed by atoms with Crippen LogP contribution in [0.2, 0.25) is 0 Å². The van der Waals surface area contributed by atoms with Crippen LogP contribution in [0.3, 0.4) is 0 Å².